The van der Waals surface area contributed by atoms with Crippen molar-refractivity contribution in [2.75, 3.05) is 22.6 Å². The molecule has 2 amide bonds. The van der Waals surface area contributed by atoms with E-state index in [0.717, 1.165) is 11.3 Å². The molecular formula is C30H24ClN5O2. The minimum absolute atomic E-state index is 0.0958. The fourth-order valence-corrected chi connectivity index (χ4v) is 4.22. The van der Waals surface area contributed by atoms with Crippen molar-refractivity contribution < 1.29 is 9.59 Å². The lowest BCUT2D eigenvalue weighted by atomic mass is 10.1. The van der Waals surface area contributed by atoms with E-state index in [1.165, 1.54) is 0 Å². The maximum absolute atomic E-state index is 13.0. The molecule has 0 aliphatic carbocycles. The van der Waals surface area contributed by atoms with Crippen LogP contribution in [0.3, 0.4) is 0 Å². The smallest absolute Gasteiger partial charge is 0.258 e. The van der Waals surface area contributed by atoms with E-state index in [9.17, 15) is 9.59 Å². The molecule has 4 aromatic carbocycles. The van der Waals surface area contributed by atoms with E-state index < -0.39 is 0 Å². The fourth-order valence-electron chi connectivity index (χ4n) is 4.04. The van der Waals surface area contributed by atoms with Gasteiger partial charge in [0.25, 0.3) is 11.8 Å². The lowest BCUT2D eigenvalue weighted by Gasteiger charge is -2.20. The summed E-state index contributed by atoms with van der Waals surface area (Å²) in [5.74, 6) is -0.254. The van der Waals surface area contributed by atoms with Crippen molar-refractivity contribution in [2.24, 2.45) is 0 Å². The van der Waals surface area contributed by atoms with Gasteiger partial charge in [-0.25, -0.2) is 4.98 Å². The van der Waals surface area contributed by atoms with Crippen LogP contribution in [0, 0.1) is 0 Å². The van der Waals surface area contributed by atoms with Crippen molar-refractivity contribution >= 4 is 51.8 Å². The Kier molecular flexibility index (Phi) is 7.28. The van der Waals surface area contributed by atoms with Gasteiger partial charge in [0.2, 0.25) is 5.95 Å². The second-order valence-electron chi connectivity index (χ2n) is 8.72. The van der Waals surface area contributed by atoms with Crippen LogP contribution in [0.15, 0.2) is 103 Å². The average Bonchev–Trinajstić information content (AvgIpc) is 2.94. The Hall–Kier alpha value is -4.75. The zero-order valence-electron chi connectivity index (χ0n) is 20.6. The highest BCUT2D eigenvalue weighted by molar-refractivity contribution is 6.30. The molecule has 0 atom stereocenters. The number of fused-ring (bicyclic) bond motifs is 1. The van der Waals surface area contributed by atoms with Crippen LogP contribution in [0.25, 0.3) is 10.9 Å². The van der Waals surface area contributed by atoms with Crippen molar-refractivity contribution in [3.63, 3.8) is 0 Å². The highest BCUT2D eigenvalue weighted by Gasteiger charge is 2.16. The number of halogens is 1. The molecule has 5 aromatic rings. The summed E-state index contributed by atoms with van der Waals surface area (Å²) >= 11 is 6.17. The third kappa shape index (κ3) is 5.79. The molecule has 1 aromatic heterocycles. The topological polar surface area (TPSA) is 87.2 Å². The van der Waals surface area contributed by atoms with Crippen molar-refractivity contribution in [2.45, 2.75) is 6.54 Å². The summed E-state index contributed by atoms with van der Waals surface area (Å²) in [6.07, 6.45) is 0. The SMILES string of the molecule is CN(Cc1ccc2nc(NC(=O)c3ccccc3)nc(NC(=O)c3ccccc3)c2c1)c1cccc(Cl)c1. The number of amides is 2. The van der Waals surface area contributed by atoms with Gasteiger partial charge in [-0.15, -0.1) is 0 Å². The Labute approximate surface area is 225 Å². The van der Waals surface area contributed by atoms with E-state index in [2.05, 4.69) is 25.5 Å². The third-order valence-corrected chi connectivity index (χ3v) is 6.19. The summed E-state index contributed by atoms with van der Waals surface area (Å²) in [4.78, 5) is 36.9. The van der Waals surface area contributed by atoms with E-state index in [1.54, 1.807) is 48.5 Å². The number of hydrogen-bond donors (Lipinski definition) is 2. The Bertz CT molecular complexity index is 1610. The first-order valence-corrected chi connectivity index (χ1v) is 12.3. The first-order chi connectivity index (χ1) is 18.5. The molecule has 1 heterocycles. The standard InChI is InChI=1S/C30H24ClN5O2/c1-36(24-14-8-13-23(31)18-24)19-20-15-16-26-25(17-20)27(33-28(37)21-9-4-2-5-10-21)34-30(32-26)35-29(38)22-11-6-3-7-12-22/h2-18H,19H2,1H3,(H2,32,33,34,35,37,38). The quantitative estimate of drug-likeness (QED) is 0.258. The van der Waals surface area contributed by atoms with Crippen molar-refractivity contribution in [3.05, 3.63) is 125 Å². The molecular weight excluding hydrogens is 498 g/mol. The highest BCUT2D eigenvalue weighted by atomic mass is 35.5. The van der Waals surface area contributed by atoms with Crippen LogP contribution < -0.4 is 15.5 Å². The number of hydrogen-bond acceptors (Lipinski definition) is 5. The molecule has 0 aliphatic heterocycles. The molecule has 0 fully saturated rings. The Balaban J connectivity index is 1.49. The molecule has 8 heteroatoms. The first-order valence-electron chi connectivity index (χ1n) is 12.0. The Morgan fingerprint density at radius 3 is 2.08 bits per heavy atom. The maximum Gasteiger partial charge on any atom is 0.258 e. The van der Waals surface area contributed by atoms with Gasteiger partial charge < -0.3 is 10.2 Å². The van der Waals surface area contributed by atoms with Crippen LogP contribution in [0.1, 0.15) is 26.3 Å². The molecule has 0 spiro atoms. The predicted octanol–water partition coefficient (Wildman–Crippen LogP) is 6.42. The summed E-state index contributed by atoms with van der Waals surface area (Å²) in [5, 5.41) is 6.97. The molecule has 188 valence electrons. The largest absolute Gasteiger partial charge is 0.370 e. The van der Waals surface area contributed by atoms with Crippen LogP contribution in [0.5, 0.6) is 0 Å². The van der Waals surface area contributed by atoms with E-state index in [-0.39, 0.29) is 17.8 Å². The Morgan fingerprint density at radius 1 is 0.763 bits per heavy atom. The minimum Gasteiger partial charge on any atom is -0.370 e. The van der Waals surface area contributed by atoms with E-state index in [4.69, 9.17) is 11.6 Å². The van der Waals surface area contributed by atoms with Gasteiger partial charge in [0.15, 0.2) is 0 Å². The zero-order valence-corrected chi connectivity index (χ0v) is 21.3. The van der Waals surface area contributed by atoms with Crippen LogP contribution in [-0.2, 0) is 6.54 Å². The lowest BCUT2D eigenvalue weighted by Crippen LogP contribution is -2.18. The van der Waals surface area contributed by atoms with Gasteiger partial charge in [0.1, 0.15) is 5.82 Å². The van der Waals surface area contributed by atoms with Crippen LogP contribution in [0.4, 0.5) is 17.5 Å². The highest BCUT2D eigenvalue weighted by Crippen LogP contribution is 2.26. The number of nitrogens with zero attached hydrogens (tertiary/aromatic N) is 3. The Morgan fingerprint density at radius 2 is 1.42 bits per heavy atom. The first kappa shape index (κ1) is 24.9. The number of benzene rings is 4. The maximum atomic E-state index is 13.0. The van der Waals surface area contributed by atoms with Gasteiger partial charge in [0, 0.05) is 40.8 Å². The number of nitrogens with one attached hydrogen (secondary N) is 2. The van der Waals surface area contributed by atoms with Crippen molar-refractivity contribution in [3.8, 4) is 0 Å². The minimum atomic E-state index is -0.343. The van der Waals surface area contributed by atoms with Gasteiger partial charge in [-0.3, -0.25) is 14.9 Å². The monoisotopic (exact) mass is 521 g/mol. The van der Waals surface area contributed by atoms with Crippen LogP contribution in [-0.4, -0.2) is 28.8 Å². The molecule has 0 radical (unpaired) electrons. The molecule has 0 unspecified atom stereocenters. The number of aromatic nitrogens is 2. The lowest BCUT2D eigenvalue weighted by molar-refractivity contribution is 0.101. The fraction of sp³-hybridized carbons (Fsp3) is 0.0667. The predicted molar refractivity (Wildman–Crippen MR) is 152 cm³/mol. The number of anilines is 3. The molecule has 2 N–H and O–H groups in total. The summed E-state index contributed by atoms with van der Waals surface area (Å²) in [7, 11) is 1.98. The summed E-state index contributed by atoms with van der Waals surface area (Å²) in [6, 6.07) is 31.1. The number of carbonyl (C=O) groups excluding carboxylic acids is 2. The molecule has 38 heavy (non-hydrogen) atoms. The van der Waals surface area contributed by atoms with Crippen molar-refractivity contribution in [1.29, 1.82) is 0 Å². The van der Waals surface area contributed by atoms with Gasteiger partial charge >= 0.3 is 0 Å². The van der Waals surface area contributed by atoms with Crippen molar-refractivity contribution in [1.82, 2.24) is 9.97 Å². The van der Waals surface area contributed by atoms with E-state index in [1.807, 2.05) is 61.6 Å². The molecule has 5 rings (SSSR count). The molecule has 0 aliphatic rings. The van der Waals surface area contributed by atoms with Gasteiger partial charge in [-0.05, 0) is 60.2 Å². The number of carbonyl (C=O) groups is 2. The summed E-state index contributed by atoms with van der Waals surface area (Å²) in [6.45, 7) is 0.592. The second-order valence-corrected chi connectivity index (χ2v) is 9.16. The van der Waals surface area contributed by atoms with Crippen LogP contribution >= 0.6 is 11.6 Å². The normalized spacial score (nSPS) is 10.7. The van der Waals surface area contributed by atoms with E-state index in [0.29, 0.717) is 39.4 Å². The third-order valence-electron chi connectivity index (χ3n) is 5.96. The molecule has 0 bridgehead atoms. The second kappa shape index (κ2) is 11.1. The zero-order chi connectivity index (χ0) is 26.5. The summed E-state index contributed by atoms with van der Waals surface area (Å²) in [5.41, 5.74) is 3.52. The van der Waals surface area contributed by atoms with Gasteiger partial charge in [0.05, 0.1) is 5.52 Å². The van der Waals surface area contributed by atoms with Gasteiger partial charge in [-0.2, -0.15) is 4.98 Å². The summed E-state index contributed by atoms with van der Waals surface area (Å²) < 4.78 is 0. The average molecular weight is 522 g/mol. The number of rotatable bonds is 7. The molecule has 7 nitrogen and oxygen atoms in total. The van der Waals surface area contributed by atoms with Crippen LogP contribution in [0.2, 0.25) is 5.02 Å². The molecule has 0 saturated heterocycles. The van der Waals surface area contributed by atoms with E-state index >= 15 is 0 Å². The molecule has 0 saturated carbocycles. The van der Waals surface area contributed by atoms with Gasteiger partial charge in [-0.1, -0.05) is 60.1 Å².